The molecule has 2 aromatic heterocycles. The molecule has 0 unspecified atom stereocenters. The second-order valence-corrected chi connectivity index (χ2v) is 7.44. The number of aromatic nitrogens is 3. The van der Waals surface area contributed by atoms with E-state index in [0.29, 0.717) is 16.8 Å². The second-order valence-electron chi connectivity index (χ2n) is 6.56. The minimum absolute atomic E-state index is 0.139. The van der Waals surface area contributed by atoms with Crippen LogP contribution < -0.4 is 11.0 Å². The van der Waals surface area contributed by atoms with Crippen molar-refractivity contribution in [3.05, 3.63) is 87.7 Å². The molecule has 0 radical (unpaired) electrons. The van der Waals surface area contributed by atoms with E-state index in [1.807, 2.05) is 0 Å². The van der Waals surface area contributed by atoms with E-state index in [4.69, 9.17) is 4.74 Å². The number of nitrogens with one attached hydrogen (secondary N) is 2. The third-order valence-corrected chi connectivity index (χ3v) is 5.38. The fraction of sp³-hybridized carbons (Fsp3) is 0.0909. The lowest BCUT2D eigenvalue weighted by Gasteiger charge is -2.08. The maximum atomic E-state index is 13.3. The average molecular weight is 452 g/mol. The SMILES string of the molecule is CCOC(=O)c1c(-c2ccc(F)cc2)csc1NC(=O)c1nn(-c2ccccc2)c(=O)[nH]1. The van der Waals surface area contributed by atoms with E-state index in [0.717, 1.165) is 16.0 Å². The normalized spacial score (nSPS) is 10.7. The van der Waals surface area contributed by atoms with E-state index in [1.165, 1.54) is 24.3 Å². The topological polar surface area (TPSA) is 106 Å². The predicted molar refractivity (Wildman–Crippen MR) is 118 cm³/mol. The smallest absolute Gasteiger partial charge is 0.348 e. The van der Waals surface area contributed by atoms with Gasteiger partial charge in [-0.15, -0.1) is 16.4 Å². The van der Waals surface area contributed by atoms with Gasteiger partial charge in [-0.05, 0) is 36.8 Å². The van der Waals surface area contributed by atoms with Crippen LogP contribution in [0.2, 0.25) is 0 Å². The van der Waals surface area contributed by atoms with Crippen LogP contribution >= 0.6 is 11.3 Å². The van der Waals surface area contributed by atoms with Gasteiger partial charge < -0.3 is 10.1 Å². The zero-order valence-electron chi connectivity index (χ0n) is 16.8. The lowest BCUT2D eigenvalue weighted by atomic mass is 10.0. The van der Waals surface area contributed by atoms with Crippen molar-refractivity contribution in [2.75, 3.05) is 11.9 Å². The summed E-state index contributed by atoms with van der Waals surface area (Å²) in [7, 11) is 0. The molecule has 2 N–H and O–H groups in total. The summed E-state index contributed by atoms with van der Waals surface area (Å²) in [5, 5.41) is 8.56. The lowest BCUT2D eigenvalue weighted by molar-refractivity contribution is 0.0529. The summed E-state index contributed by atoms with van der Waals surface area (Å²) in [4.78, 5) is 40.1. The van der Waals surface area contributed by atoms with Gasteiger partial charge in [0.15, 0.2) is 0 Å². The number of thiophene rings is 1. The molecule has 0 fully saturated rings. The van der Waals surface area contributed by atoms with Gasteiger partial charge >= 0.3 is 11.7 Å². The van der Waals surface area contributed by atoms with Crippen LogP contribution in [0.4, 0.5) is 9.39 Å². The fourth-order valence-corrected chi connectivity index (χ4v) is 3.98. The number of benzene rings is 2. The highest BCUT2D eigenvalue weighted by atomic mass is 32.1. The Morgan fingerprint density at radius 2 is 1.88 bits per heavy atom. The Morgan fingerprint density at radius 3 is 2.56 bits per heavy atom. The monoisotopic (exact) mass is 452 g/mol. The molecule has 2 heterocycles. The number of hydrogen-bond donors (Lipinski definition) is 2. The van der Waals surface area contributed by atoms with Crippen molar-refractivity contribution in [2.45, 2.75) is 6.92 Å². The Morgan fingerprint density at radius 1 is 1.16 bits per heavy atom. The highest BCUT2D eigenvalue weighted by Crippen LogP contribution is 2.36. The molecule has 4 aromatic rings. The van der Waals surface area contributed by atoms with Gasteiger partial charge in [-0.25, -0.2) is 14.0 Å². The standard InChI is InChI=1S/C22H17FN4O4S/c1-2-31-21(29)17-16(13-8-10-14(23)11-9-13)12-32-20(17)25-19(28)18-24-22(30)27(26-18)15-6-4-3-5-7-15/h3-12H,2H2,1H3,(H,25,28)(H,24,26,30). The molecule has 0 atom stereocenters. The van der Waals surface area contributed by atoms with Crippen molar-refractivity contribution >= 4 is 28.2 Å². The van der Waals surface area contributed by atoms with Gasteiger partial charge in [-0.3, -0.25) is 9.78 Å². The number of ether oxygens (including phenoxy) is 1. The van der Waals surface area contributed by atoms with Gasteiger partial charge in [0, 0.05) is 10.9 Å². The maximum absolute atomic E-state index is 13.3. The van der Waals surface area contributed by atoms with Crippen LogP contribution in [0.1, 0.15) is 27.9 Å². The predicted octanol–water partition coefficient (Wildman–Crippen LogP) is 3.86. The van der Waals surface area contributed by atoms with Gasteiger partial charge in [0.1, 0.15) is 16.4 Å². The maximum Gasteiger partial charge on any atom is 0.348 e. The van der Waals surface area contributed by atoms with E-state index in [2.05, 4.69) is 15.4 Å². The van der Waals surface area contributed by atoms with Crippen LogP contribution in [0.5, 0.6) is 0 Å². The molecule has 8 nitrogen and oxygen atoms in total. The molecular formula is C22H17FN4O4S. The van der Waals surface area contributed by atoms with Crippen molar-refractivity contribution in [3.63, 3.8) is 0 Å². The first-order chi connectivity index (χ1) is 15.5. The largest absolute Gasteiger partial charge is 0.462 e. The van der Waals surface area contributed by atoms with Gasteiger partial charge in [0.2, 0.25) is 5.82 Å². The number of esters is 1. The first kappa shape index (κ1) is 21.2. The molecule has 0 aliphatic heterocycles. The Hall–Kier alpha value is -4.05. The summed E-state index contributed by atoms with van der Waals surface area (Å²) in [6, 6.07) is 14.3. The molecule has 2 aromatic carbocycles. The van der Waals surface area contributed by atoms with Crippen LogP contribution in [-0.4, -0.2) is 33.2 Å². The van der Waals surface area contributed by atoms with Gasteiger partial charge in [-0.1, -0.05) is 30.3 Å². The van der Waals surface area contributed by atoms with Gasteiger partial charge in [0.25, 0.3) is 5.91 Å². The summed E-state index contributed by atoms with van der Waals surface area (Å²) in [6.45, 7) is 1.81. The number of H-pyrrole nitrogens is 1. The fourth-order valence-electron chi connectivity index (χ4n) is 3.03. The average Bonchev–Trinajstić information content (AvgIpc) is 3.39. The minimum Gasteiger partial charge on any atom is -0.462 e. The number of anilines is 1. The van der Waals surface area contributed by atoms with Crippen molar-refractivity contribution < 1.29 is 18.7 Å². The molecule has 10 heteroatoms. The number of para-hydroxylation sites is 1. The van der Waals surface area contributed by atoms with Crippen LogP contribution in [0.3, 0.4) is 0 Å². The highest BCUT2D eigenvalue weighted by molar-refractivity contribution is 7.15. The number of halogens is 1. The molecule has 162 valence electrons. The molecule has 1 amide bonds. The molecule has 0 aliphatic rings. The number of rotatable bonds is 6. The molecule has 0 aliphatic carbocycles. The van der Waals surface area contributed by atoms with Crippen LogP contribution in [0.25, 0.3) is 16.8 Å². The molecule has 4 rings (SSSR count). The van der Waals surface area contributed by atoms with E-state index >= 15 is 0 Å². The van der Waals surface area contributed by atoms with Crippen molar-refractivity contribution in [1.82, 2.24) is 14.8 Å². The summed E-state index contributed by atoms with van der Waals surface area (Å²) in [5.41, 5.74) is 1.14. The third kappa shape index (κ3) is 4.21. The summed E-state index contributed by atoms with van der Waals surface area (Å²) in [6.07, 6.45) is 0. The first-order valence-corrected chi connectivity index (χ1v) is 10.5. The Bertz CT molecular complexity index is 1330. The van der Waals surface area contributed by atoms with Crippen LogP contribution in [-0.2, 0) is 4.74 Å². The van der Waals surface area contributed by atoms with E-state index in [-0.39, 0.29) is 23.0 Å². The number of carbonyl (C=O) groups excluding carboxylic acids is 2. The number of nitrogens with zero attached hydrogens (tertiary/aromatic N) is 2. The van der Waals surface area contributed by atoms with Crippen LogP contribution in [0, 0.1) is 5.82 Å². The van der Waals surface area contributed by atoms with E-state index < -0.39 is 23.4 Å². The van der Waals surface area contributed by atoms with Crippen molar-refractivity contribution in [3.8, 4) is 16.8 Å². The number of carbonyl (C=O) groups is 2. The molecule has 0 saturated heterocycles. The Labute approximate surface area is 185 Å². The summed E-state index contributed by atoms with van der Waals surface area (Å²) in [5.74, 6) is -1.96. The first-order valence-electron chi connectivity index (χ1n) is 9.58. The molecule has 0 saturated carbocycles. The molecule has 0 spiro atoms. The Balaban J connectivity index is 1.67. The van der Waals surface area contributed by atoms with Crippen molar-refractivity contribution in [2.24, 2.45) is 0 Å². The highest BCUT2D eigenvalue weighted by Gasteiger charge is 2.24. The zero-order chi connectivity index (χ0) is 22.7. The quantitative estimate of drug-likeness (QED) is 0.432. The number of aromatic amines is 1. The second kappa shape index (κ2) is 8.98. The summed E-state index contributed by atoms with van der Waals surface area (Å²) < 4.78 is 19.5. The van der Waals surface area contributed by atoms with Gasteiger partial charge in [-0.2, -0.15) is 4.68 Å². The molecule has 32 heavy (non-hydrogen) atoms. The van der Waals surface area contributed by atoms with E-state index in [9.17, 15) is 18.8 Å². The zero-order valence-corrected chi connectivity index (χ0v) is 17.6. The molecular weight excluding hydrogens is 435 g/mol. The number of hydrogen-bond acceptors (Lipinski definition) is 6. The minimum atomic E-state index is -0.699. The van der Waals surface area contributed by atoms with E-state index in [1.54, 1.807) is 42.6 Å². The summed E-state index contributed by atoms with van der Waals surface area (Å²) >= 11 is 1.11. The third-order valence-electron chi connectivity index (χ3n) is 4.49. The van der Waals surface area contributed by atoms with Crippen LogP contribution in [0.15, 0.2) is 64.8 Å². The Kier molecular flexibility index (Phi) is 5.95. The lowest BCUT2D eigenvalue weighted by Crippen LogP contribution is -2.17. The van der Waals surface area contributed by atoms with Gasteiger partial charge in [0.05, 0.1) is 12.3 Å². The molecule has 0 bridgehead atoms. The van der Waals surface area contributed by atoms with Crippen molar-refractivity contribution in [1.29, 1.82) is 0 Å². The number of amides is 1.